The summed E-state index contributed by atoms with van der Waals surface area (Å²) in [5.41, 5.74) is 0. The quantitative estimate of drug-likeness (QED) is 0.941. The van der Waals surface area contributed by atoms with Gasteiger partial charge in [-0.3, -0.25) is 4.72 Å². The molecule has 0 aliphatic rings. The topological polar surface area (TPSA) is 59.1 Å². The van der Waals surface area contributed by atoms with Gasteiger partial charge in [0.25, 0.3) is 10.0 Å². The van der Waals surface area contributed by atoms with Crippen molar-refractivity contribution in [1.29, 1.82) is 0 Å². The lowest BCUT2D eigenvalue weighted by Gasteiger charge is -2.08. The van der Waals surface area contributed by atoms with Gasteiger partial charge in [0.05, 0.1) is 0 Å². The standard InChI is InChI=1S/C11H8BrFN2O2S/c12-8-4-1-2-6-10(8)18(16,17)15-11-9(13)5-3-7-14-11/h1-7H,(H,14,15). The number of nitrogens with zero attached hydrogens (tertiary/aromatic N) is 1. The van der Waals surface area contributed by atoms with Gasteiger partial charge in [-0.1, -0.05) is 12.1 Å². The minimum Gasteiger partial charge on any atom is -0.261 e. The lowest BCUT2D eigenvalue weighted by atomic mass is 10.4. The van der Waals surface area contributed by atoms with Crippen molar-refractivity contribution >= 4 is 31.8 Å². The Morgan fingerprint density at radius 3 is 2.56 bits per heavy atom. The molecule has 0 spiro atoms. The van der Waals surface area contributed by atoms with Crippen LogP contribution in [0.5, 0.6) is 0 Å². The highest BCUT2D eigenvalue weighted by Gasteiger charge is 2.19. The van der Waals surface area contributed by atoms with Gasteiger partial charge >= 0.3 is 0 Å². The van der Waals surface area contributed by atoms with Crippen LogP contribution in [0.2, 0.25) is 0 Å². The highest BCUT2D eigenvalue weighted by Crippen LogP contribution is 2.23. The second-order valence-corrected chi connectivity index (χ2v) is 5.87. The maximum Gasteiger partial charge on any atom is 0.264 e. The molecule has 2 aromatic rings. The Hall–Kier alpha value is -1.47. The predicted octanol–water partition coefficient (Wildman–Crippen LogP) is 2.78. The van der Waals surface area contributed by atoms with Gasteiger partial charge in [-0.2, -0.15) is 0 Å². The lowest BCUT2D eigenvalue weighted by Crippen LogP contribution is -2.15. The first-order chi connectivity index (χ1) is 8.50. The predicted molar refractivity (Wildman–Crippen MR) is 69.1 cm³/mol. The van der Waals surface area contributed by atoms with Crippen molar-refractivity contribution < 1.29 is 12.8 Å². The lowest BCUT2D eigenvalue weighted by molar-refractivity contribution is 0.597. The zero-order valence-corrected chi connectivity index (χ0v) is 11.4. The fraction of sp³-hybridized carbons (Fsp3) is 0. The van der Waals surface area contributed by atoms with Crippen molar-refractivity contribution in [2.45, 2.75) is 4.90 Å². The molecule has 0 fully saturated rings. The van der Waals surface area contributed by atoms with E-state index in [1.807, 2.05) is 0 Å². The normalized spacial score (nSPS) is 11.2. The maximum absolute atomic E-state index is 13.3. The monoisotopic (exact) mass is 330 g/mol. The molecule has 0 saturated heterocycles. The molecule has 0 bridgehead atoms. The SMILES string of the molecule is O=S(=O)(Nc1ncccc1F)c1ccccc1Br. The largest absolute Gasteiger partial charge is 0.264 e. The van der Waals surface area contributed by atoms with Gasteiger partial charge in [-0.25, -0.2) is 17.8 Å². The minimum atomic E-state index is -3.87. The summed E-state index contributed by atoms with van der Waals surface area (Å²) < 4.78 is 39.9. The van der Waals surface area contributed by atoms with Crippen LogP contribution in [-0.4, -0.2) is 13.4 Å². The fourth-order valence-electron chi connectivity index (χ4n) is 1.31. The Bertz CT molecular complexity index is 676. The smallest absolute Gasteiger partial charge is 0.261 e. The minimum absolute atomic E-state index is 0.0232. The van der Waals surface area contributed by atoms with Crippen molar-refractivity contribution in [3.8, 4) is 0 Å². The summed E-state index contributed by atoms with van der Waals surface area (Å²) in [4.78, 5) is 3.66. The van der Waals surface area contributed by atoms with Gasteiger partial charge < -0.3 is 0 Å². The number of pyridine rings is 1. The maximum atomic E-state index is 13.3. The second-order valence-electron chi connectivity index (χ2n) is 3.37. The van der Waals surface area contributed by atoms with Crippen LogP contribution in [0.3, 0.4) is 0 Å². The molecule has 0 radical (unpaired) electrons. The first kappa shape index (κ1) is 13.0. The third kappa shape index (κ3) is 2.68. The molecule has 94 valence electrons. The number of nitrogens with one attached hydrogen (secondary N) is 1. The van der Waals surface area contributed by atoms with E-state index in [4.69, 9.17) is 0 Å². The van der Waals surface area contributed by atoms with Crippen LogP contribution in [0.15, 0.2) is 52.0 Å². The van der Waals surface area contributed by atoms with E-state index in [0.717, 1.165) is 6.07 Å². The number of hydrogen-bond donors (Lipinski definition) is 1. The van der Waals surface area contributed by atoms with E-state index < -0.39 is 15.8 Å². The molecule has 7 heteroatoms. The zero-order valence-electron chi connectivity index (χ0n) is 8.97. The molecule has 0 atom stereocenters. The Labute approximate surface area is 112 Å². The number of hydrogen-bond acceptors (Lipinski definition) is 3. The first-order valence-electron chi connectivity index (χ1n) is 4.88. The second kappa shape index (κ2) is 5.03. The summed E-state index contributed by atoms with van der Waals surface area (Å²) in [6.45, 7) is 0. The van der Waals surface area contributed by atoms with Crippen molar-refractivity contribution in [1.82, 2.24) is 4.98 Å². The van der Waals surface area contributed by atoms with Crippen LogP contribution in [-0.2, 0) is 10.0 Å². The summed E-state index contributed by atoms with van der Waals surface area (Å²) in [5.74, 6) is -1.05. The summed E-state index contributed by atoms with van der Waals surface area (Å²) in [6.07, 6.45) is 1.31. The van der Waals surface area contributed by atoms with E-state index in [1.165, 1.54) is 18.3 Å². The Kier molecular flexibility index (Phi) is 3.63. The van der Waals surface area contributed by atoms with Gasteiger partial charge in [0.1, 0.15) is 4.90 Å². The molecule has 0 saturated carbocycles. The van der Waals surface area contributed by atoms with Gasteiger partial charge in [-0.15, -0.1) is 0 Å². The van der Waals surface area contributed by atoms with Gasteiger partial charge in [0, 0.05) is 10.7 Å². The van der Waals surface area contributed by atoms with Crippen molar-refractivity contribution in [3.05, 3.63) is 52.9 Å². The number of aromatic nitrogens is 1. The fourth-order valence-corrected chi connectivity index (χ4v) is 3.33. The third-order valence-corrected chi connectivity index (χ3v) is 4.47. The highest BCUT2D eigenvalue weighted by molar-refractivity contribution is 9.10. The molecule has 18 heavy (non-hydrogen) atoms. The van der Waals surface area contributed by atoms with Crippen molar-refractivity contribution in [2.24, 2.45) is 0 Å². The number of sulfonamides is 1. The molecule has 1 N–H and O–H groups in total. The molecule has 0 aliphatic carbocycles. The molecule has 1 aromatic carbocycles. The average molecular weight is 331 g/mol. The molecule has 1 aromatic heterocycles. The van der Waals surface area contributed by atoms with E-state index in [1.54, 1.807) is 18.2 Å². The van der Waals surface area contributed by atoms with E-state index in [0.29, 0.717) is 4.47 Å². The zero-order chi connectivity index (χ0) is 13.2. The third-order valence-electron chi connectivity index (χ3n) is 2.12. The molecule has 2 rings (SSSR count). The number of benzene rings is 1. The number of rotatable bonds is 3. The van der Waals surface area contributed by atoms with Crippen LogP contribution in [0, 0.1) is 5.82 Å². The Morgan fingerprint density at radius 2 is 1.89 bits per heavy atom. The Morgan fingerprint density at radius 1 is 1.17 bits per heavy atom. The average Bonchev–Trinajstić information content (AvgIpc) is 2.32. The molecular weight excluding hydrogens is 323 g/mol. The summed E-state index contributed by atoms with van der Waals surface area (Å²) in [5, 5.41) is 0. The van der Waals surface area contributed by atoms with Crippen LogP contribution in [0.1, 0.15) is 0 Å². The van der Waals surface area contributed by atoms with E-state index in [-0.39, 0.29) is 10.7 Å². The van der Waals surface area contributed by atoms with Crippen LogP contribution < -0.4 is 4.72 Å². The van der Waals surface area contributed by atoms with E-state index in [9.17, 15) is 12.8 Å². The molecule has 1 heterocycles. The summed E-state index contributed by atoms with van der Waals surface area (Å²) >= 11 is 3.13. The van der Waals surface area contributed by atoms with E-state index in [2.05, 4.69) is 25.6 Å². The molecule has 0 unspecified atom stereocenters. The van der Waals surface area contributed by atoms with Crippen LogP contribution >= 0.6 is 15.9 Å². The molecule has 0 aliphatic heterocycles. The van der Waals surface area contributed by atoms with Crippen molar-refractivity contribution in [2.75, 3.05) is 4.72 Å². The Balaban J connectivity index is 2.40. The van der Waals surface area contributed by atoms with Crippen LogP contribution in [0.25, 0.3) is 0 Å². The van der Waals surface area contributed by atoms with Gasteiger partial charge in [0.15, 0.2) is 11.6 Å². The summed E-state index contributed by atoms with van der Waals surface area (Å²) in [7, 11) is -3.87. The highest BCUT2D eigenvalue weighted by atomic mass is 79.9. The van der Waals surface area contributed by atoms with E-state index >= 15 is 0 Å². The number of halogens is 2. The van der Waals surface area contributed by atoms with Crippen molar-refractivity contribution in [3.63, 3.8) is 0 Å². The van der Waals surface area contributed by atoms with Crippen LogP contribution in [0.4, 0.5) is 10.2 Å². The molecule has 4 nitrogen and oxygen atoms in total. The van der Waals surface area contributed by atoms with Gasteiger partial charge in [-0.05, 0) is 40.2 Å². The molecule has 0 amide bonds. The van der Waals surface area contributed by atoms with Gasteiger partial charge in [0.2, 0.25) is 0 Å². The first-order valence-corrected chi connectivity index (χ1v) is 7.16. The number of anilines is 1. The molecular formula is C11H8BrFN2O2S. The summed E-state index contributed by atoms with van der Waals surface area (Å²) in [6, 6.07) is 8.77.